The summed E-state index contributed by atoms with van der Waals surface area (Å²) < 4.78 is 32.1. The molecule has 11 aromatic carbocycles. The second kappa shape index (κ2) is 24.1. The third-order valence-electron chi connectivity index (χ3n) is 22.3. The fourth-order valence-electron chi connectivity index (χ4n) is 16.2. The zero-order valence-electron chi connectivity index (χ0n) is 67.9. The Bertz CT molecular complexity index is 5710. The van der Waals surface area contributed by atoms with Crippen molar-refractivity contribution in [3.05, 3.63) is 211 Å². The van der Waals surface area contributed by atoms with E-state index in [4.69, 9.17) is 28.9 Å². The molecule has 0 fully saturated rings. The van der Waals surface area contributed by atoms with E-state index in [9.17, 15) is 10.2 Å². The molecular weight excluding hydrogens is 1330 g/mol. The number of ether oxygens (including phenoxy) is 4. The molecular formula is C98H102N2O8. The molecule has 10 heteroatoms. The number of carbonyl (C=O) groups excluding carboxylic acids is 2. The number of carbonyl (C=O) groups is 2. The van der Waals surface area contributed by atoms with Crippen molar-refractivity contribution in [2.75, 3.05) is 0 Å². The Morgan fingerprint density at radius 3 is 0.861 bits per heavy atom. The number of aromatic hydroxyl groups is 2. The molecule has 2 aromatic heterocycles. The van der Waals surface area contributed by atoms with E-state index in [0.717, 1.165) is 55.6 Å². The highest BCUT2D eigenvalue weighted by molar-refractivity contribution is 6.45. The van der Waals surface area contributed by atoms with E-state index in [1.807, 2.05) is 74.5 Å². The lowest BCUT2D eigenvalue weighted by atomic mass is 9.76. The van der Waals surface area contributed by atoms with Crippen molar-refractivity contribution in [1.82, 2.24) is 9.97 Å². The molecule has 0 amide bonds. The molecule has 13 aromatic rings. The quantitative estimate of drug-likeness (QED) is 0.112. The molecule has 0 radical (unpaired) electrons. The maximum atomic E-state index is 16.8. The minimum Gasteiger partial charge on any atom is -0.506 e. The molecule has 10 nitrogen and oxygen atoms in total. The predicted molar refractivity (Wildman–Crippen MR) is 444 cm³/mol. The summed E-state index contributed by atoms with van der Waals surface area (Å²) in [6.07, 6.45) is 0. The van der Waals surface area contributed by atoms with Crippen LogP contribution in [-0.4, -0.2) is 31.7 Å². The molecule has 0 saturated heterocycles. The average Bonchev–Trinajstić information content (AvgIpc) is 0.666. The van der Waals surface area contributed by atoms with E-state index >= 15 is 9.59 Å². The molecule has 15 rings (SSSR count). The zero-order valence-corrected chi connectivity index (χ0v) is 67.9. The standard InChI is InChI=1S/C98H102N2O8/c1-49-27-35-65-55(39-49)87(101)83-85(99-65)57-45-71(105-67-37-31-51(91(3,4)5)41-63(67)97(21,22)23)77-80-74(108-70-44-54(94(12,13)14)30-34-62(70)96(18,19)20)48-60-76-58(86-84(90(60)104)88(102)56-40-50(2)28-36-66(56)100-86)46-72(106-68-38-32-52(92(6,7)8)42-64(68)98(24,25)26)78(82(76)80)79-73(47-59(89(83)103)75(57)81(77)79)107-69-43-53(93(9,10)11)29-33-61(69)95(15,16)17/h27-48H,1-26H3,(H,99,101)(H,100,102). The summed E-state index contributed by atoms with van der Waals surface area (Å²) in [5.41, 5.74) is 10.1. The van der Waals surface area contributed by atoms with Gasteiger partial charge in [0.25, 0.3) is 0 Å². The fraction of sp³-hybridized carbons (Fsp3) is 0.347. The largest absolute Gasteiger partial charge is 0.506 e. The molecule has 0 bridgehead atoms. The van der Waals surface area contributed by atoms with Crippen molar-refractivity contribution >= 4 is 76.5 Å². The summed E-state index contributed by atoms with van der Waals surface area (Å²) in [5.74, 6) is 2.40. The predicted octanol–water partition coefficient (Wildman–Crippen LogP) is 26.8. The van der Waals surface area contributed by atoms with Crippen LogP contribution in [0.3, 0.4) is 0 Å². The molecule has 2 aliphatic rings. The maximum absolute atomic E-state index is 16.8. The van der Waals surface area contributed by atoms with E-state index in [2.05, 4.69) is 239 Å². The van der Waals surface area contributed by atoms with E-state index in [-0.39, 0.29) is 66.8 Å². The first-order valence-electron chi connectivity index (χ1n) is 38.1. The van der Waals surface area contributed by atoms with Crippen molar-refractivity contribution in [3.8, 4) is 80.0 Å². The van der Waals surface area contributed by atoms with Gasteiger partial charge in [-0.1, -0.05) is 238 Å². The molecule has 2 aliphatic carbocycles. The third-order valence-corrected chi connectivity index (χ3v) is 22.3. The average molecular weight is 1440 g/mol. The number of hydrogen-bond acceptors (Lipinski definition) is 10. The first kappa shape index (κ1) is 73.2. The van der Waals surface area contributed by atoms with Gasteiger partial charge in [-0.15, -0.1) is 0 Å². The minimum absolute atomic E-state index is 0.0517. The van der Waals surface area contributed by atoms with E-state index in [0.29, 0.717) is 122 Å². The Kier molecular flexibility index (Phi) is 16.3. The van der Waals surface area contributed by atoms with Crippen LogP contribution in [0, 0.1) is 13.8 Å². The van der Waals surface area contributed by atoms with Gasteiger partial charge in [0.1, 0.15) is 57.5 Å². The summed E-state index contributed by atoms with van der Waals surface area (Å²) in [6, 6.07) is 45.1. The Labute approximate surface area is 636 Å². The van der Waals surface area contributed by atoms with E-state index < -0.39 is 33.2 Å². The number of pyridine rings is 2. The molecule has 0 aliphatic heterocycles. The molecule has 0 spiro atoms. The highest BCUT2D eigenvalue weighted by Crippen LogP contribution is 2.62. The van der Waals surface area contributed by atoms with E-state index in [1.165, 1.54) is 0 Å². The zero-order chi connectivity index (χ0) is 78.0. The minimum atomic E-state index is -0.478. The normalized spacial score (nSPS) is 13.8. The van der Waals surface area contributed by atoms with Gasteiger partial charge in [-0.2, -0.15) is 0 Å². The van der Waals surface area contributed by atoms with Crippen LogP contribution in [0.2, 0.25) is 0 Å². The summed E-state index contributed by atoms with van der Waals surface area (Å²) in [6.45, 7) is 56.6. The van der Waals surface area contributed by atoms with Crippen LogP contribution >= 0.6 is 0 Å². The Balaban J connectivity index is 1.26. The molecule has 0 atom stereocenters. The molecule has 0 saturated carbocycles. The second-order valence-corrected chi connectivity index (χ2v) is 39.0. The summed E-state index contributed by atoms with van der Waals surface area (Å²) in [4.78, 5) is 44.5. The van der Waals surface area contributed by atoms with Gasteiger partial charge in [0, 0.05) is 98.4 Å². The highest BCUT2D eigenvalue weighted by Gasteiger charge is 2.42. The number of ketones is 2. The SMILES string of the molecule is Cc1ccc2nc3c(c(O)c2c1)C(=O)c1cc(Oc2cc(C(C)(C)C)ccc2C(C)(C)C)c2c4c(Oc5ccc(C(C)(C)C)cc5C(C)(C)C)cc5c6c(cc(Oc7cc(C(C)(C)C)ccc7C(C)(C)C)c(c7c(Oc8ccc(C(C)(C)C)cc8C(C)(C)C)cc-3c1c27)c64)C(=O)c1c-5nc2ccc(C)cc2c1O. The van der Waals surface area contributed by atoms with Crippen molar-refractivity contribution in [3.63, 3.8) is 0 Å². The summed E-state index contributed by atoms with van der Waals surface area (Å²) in [5, 5.41) is 31.3. The molecule has 108 heavy (non-hydrogen) atoms. The highest BCUT2D eigenvalue weighted by atomic mass is 16.5. The maximum Gasteiger partial charge on any atom is 0.199 e. The first-order chi connectivity index (χ1) is 50.1. The number of nitrogens with zero attached hydrogens (tertiary/aromatic N) is 2. The monoisotopic (exact) mass is 1430 g/mol. The van der Waals surface area contributed by atoms with Gasteiger partial charge in [0.2, 0.25) is 0 Å². The van der Waals surface area contributed by atoms with Crippen LogP contribution in [0.15, 0.2) is 133 Å². The van der Waals surface area contributed by atoms with Crippen LogP contribution in [0.1, 0.15) is 254 Å². The smallest absolute Gasteiger partial charge is 0.199 e. The second-order valence-electron chi connectivity index (χ2n) is 39.0. The third kappa shape index (κ3) is 12.0. The van der Waals surface area contributed by atoms with Gasteiger partial charge in [-0.05, 0) is 152 Å². The lowest BCUT2D eigenvalue weighted by molar-refractivity contribution is 0.102. The van der Waals surface area contributed by atoms with Gasteiger partial charge in [0.05, 0.1) is 33.5 Å². The summed E-state index contributed by atoms with van der Waals surface area (Å²) >= 11 is 0. The molecule has 2 N–H and O–H groups in total. The first-order valence-corrected chi connectivity index (χ1v) is 38.1. The lowest BCUT2D eigenvalue weighted by Crippen LogP contribution is -2.18. The molecule has 0 unspecified atom stereocenters. The fourth-order valence-corrected chi connectivity index (χ4v) is 16.2. The van der Waals surface area contributed by atoms with Gasteiger partial charge < -0.3 is 29.2 Å². The number of fused-ring (bicyclic) bond motifs is 8. The number of aryl methyl sites for hydroxylation is 2. The molecule has 2 heterocycles. The summed E-state index contributed by atoms with van der Waals surface area (Å²) in [7, 11) is 0. The van der Waals surface area contributed by atoms with Crippen LogP contribution in [-0.2, 0) is 43.3 Å². The van der Waals surface area contributed by atoms with Gasteiger partial charge in [-0.25, -0.2) is 9.97 Å². The van der Waals surface area contributed by atoms with Crippen molar-refractivity contribution in [2.24, 2.45) is 0 Å². The van der Waals surface area contributed by atoms with Crippen LogP contribution in [0.5, 0.6) is 57.5 Å². The van der Waals surface area contributed by atoms with Crippen molar-refractivity contribution in [2.45, 2.75) is 223 Å². The van der Waals surface area contributed by atoms with Crippen molar-refractivity contribution < 1.29 is 38.7 Å². The van der Waals surface area contributed by atoms with Crippen LogP contribution in [0.4, 0.5) is 0 Å². The van der Waals surface area contributed by atoms with Gasteiger partial charge in [0.15, 0.2) is 11.6 Å². The Morgan fingerprint density at radius 1 is 0.269 bits per heavy atom. The Morgan fingerprint density at radius 2 is 0.556 bits per heavy atom. The number of rotatable bonds is 8. The van der Waals surface area contributed by atoms with Crippen LogP contribution in [0.25, 0.3) is 87.4 Å². The van der Waals surface area contributed by atoms with E-state index in [1.54, 1.807) is 0 Å². The van der Waals surface area contributed by atoms with Gasteiger partial charge in [-0.3, -0.25) is 9.59 Å². The lowest BCUT2D eigenvalue weighted by Gasteiger charge is -2.32. The topological polar surface area (TPSA) is 137 Å². The molecule has 552 valence electrons. The Hall–Kier alpha value is -10.3. The van der Waals surface area contributed by atoms with Gasteiger partial charge >= 0.3 is 0 Å². The number of aromatic nitrogens is 2. The number of hydrogen-bond donors (Lipinski definition) is 2. The number of benzene rings is 11. The van der Waals surface area contributed by atoms with Crippen molar-refractivity contribution in [1.29, 1.82) is 0 Å². The van der Waals surface area contributed by atoms with Crippen LogP contribution < -0.4 is 18.9 Å².